The summed E-state index contributed by atoms with van der Waals surface area (Å²) >= 11 is 3.25. The van der Waals surface area contributed by atoms with Crippen molar-refractivity contribution in [3.05, 3.63) is 75.7 Å². The number of halogens is 1. The lowest BCUT2D eigenvalue weighted by molar-refractivity contribution is 0.0878. The Kier molecular flexibility index (Phi) is 4.58. The van der Waals surface area contributed by atoms with E-state index < -0.39 is 17.7 Å². The molecule has 1 aromatic carbocycles. The molecule has 0 saturated carbocycles. The van der Waals surface area contributed by atoms with Crippen molar-refractivity contribution in [2.75, 3.05) is 0 Å². The number of pyridine rings is 1. The van der Waals surface area contributed by atoms with Crippen molar-refractivity contribution in [2.45, 2.75) is 0 Å². The maximum absolute atomic E-state index is 12.0. The van der Waals surface area contributed by atoms with E-state index in [1.165, 1.54) is 12.4 Å². The van der Waals surface area contributed by atoms with E-state index in [9.17, 15) is 14.4 Å². The average molecular weight is 439 g/mol. The van der Waals surface area contributed by atoms with Crippen molar-refractivity contribution >= 4 is 39.9 Å². The highest BCUT2D eigenvalue weighted by Gasteiger charge is 2.27. The smallest absolute Gasteiger partial charge is 0.272 e. The van der Waals surface area contributed by atoms with Gasteiger partial charge in [-0.25, -0.2) is 5.43 Å². The van der Waals surface area contributed by atoms with E-state index >= 15 is 0 Å². The number of furan rings is 1. The highest BCUT2D eigenvalue weighted by atomic mass is 79.9. The van der Waals surface area contributed by atoms with Gasteiger partial charge < -0.3 is 4.42 Å². The molecule has 2 N–H and O–H groups in total. The monoisotopic (exact) mass is 438 g/mol. The van der Waals surface area contributed by atoms with E-state index in [0.29, 0.717) is 38.2 Å². The van der Waals surface area contributed by atoms with Gasteiger partial charge in [0.25, 0.3) is 17.7 Å². The molecule has 1 aliphatic rings. The summed E-state index contributed by atoms with van der Waals surface area (Å²) in [6.45, 7) is 0. The molecular weight excluding hydrogens is 428 g/mol. The van der Waals surface area contributed by atoms with E-state index in [1.54, 1.807) is 42.6 Å². The Morgan fingerprint density at radius 2 is 1.93 bits per heavy atom. The van der Waals surface area contributed by atoms with Crippen LogP contribution in [0.4, 0.5) is 0 Å². The highest BCUT2D eigenvalue weighted by Crippen LogP contribution is 2.26. The number of carbonyl (C=O) groups excluding carboxylic acids is 3. The van der Waals surface area contributed by atoms with E-state index in [4.69, 9.17) is 4.42 Å². The lowest BCUT2D eigenvalue weighted by Gasteiger charge is -2.00. The fourth-order valence-corrected chi connectivity index (χ4v) is 3.02. The van der Waals surface area contributed by atoms with Crippen LogP contribution in [0.3, 0.4) is 0 Å². The molecule has 3 heterocycles. The Balaban J connectivity index is 1.47. The van der Waals surface area contributed by atoms with Crippen LogP contribution in [0.25, 0.3) is 11.3 Å². The van der Waals surface area contributed by atoms with Crippen molar-refractivity contribution in [3.8, 4) is 11.3 Å². The summed E-state index contributed by atoms with van der Waals surface area (Å²) in [5.41, 5.74) is 4.04. The molecule has 2 aromatic heterocycles. The van der Waals surface area contributed by atoms with Crippen LogP contribution in [0.1, 0.15) is 36.8 Å². The fourth-order valence-electron chi connectivity index (χ4n) is 2.65. The van der Waals surface area contributed by atoms with Crippen LogP contribution >= 0.6 is 15.9 Å². The quantitative estimate of drug-likeness (QED) is 0.369. The second-order valence-electron chi connectivity index (χ2n) is 5.84. The zero-order valence-corrected chi connectivity index (χ0v) is 15.7. The number of amides is 3. The van der Waals surface area contributed by atoms with Gasteiger partial charge in [-0.2, -0.15) is 5.10 Å². The maximum Gasteiger partial charge on any atom is 0.272 e. The first-order valence-corrected chi connectivity index (χ1v) is 8.84. The molecule has 0 aliphatic carbocycles. The Bertz CT molecular complexity index is 1150. The molecule has 8 nitrogen and oxygen atoms in total. The number of aromatic nitrogens is 1. The first-order valence-electron chi connectivity index (χ1n) is 8.05. The molecule has 3 aromatic rings. The summed E-state index contributed by atoms with van der Waals surface area (Å²) in [5, 5.41) is 6.11. The summed E-state index contributed by atoms with van der Waals surface area (Å²) < 4.78 is 6.35. The minimum atomic E-state index is -0.431. The number of nitrogens with one attached hydrogen (secondary N) is 2. The van der Waals surface area contributed by atoms with Crippen molar-refractivity contribution in [1.82, 2.24) is 15.7 Å². The number of fused-ring (bicyclic) bond motifs is 1. The van der Waals surface area contributed by atoms with Crippen molar-refractivity contribution in [3.63, 3.8) is 0 Å². The standard InChI is InChI=1S/C19H11BrN4O4/c20-12-5-11(7-21-8-12)17(25)24-22-9-13-2-4-16(28-13)10-1-3-14-15(6-10)19(27)23-18(14)26/h1-9H,(H,24,25)(H,23,26,27)/b22-9-. The minimum Gasteiger partial charge on any atom is -0.455 e. The third kappa shape index (κ3) is 3.47. The first kappa shape index (κ1) is 17.8. The molecule has 28 heavy (non-hydrogen) atoms. The lowest BCUT2D eigenvalue weighted by Crippen LogP contribution is -2.19. The molecular formula is C19H11BrN4O4. The van der Waals surface area contributed by atoms with Crippen LogP contribution in [0.15, 0.2) is 62.8 Å². The topological polar surface area (TPSA) is 114 Å². The number of hydrogen-bond acceptors (Lipinski definition) is 6. The van der Waals surface area contributed by atoms with Crippen LogP contribution < -0.4 is 10.7 Å². The first-order chi connectivity index (χ1) is 13.5. The van der Waals surface area contributed by atoms with Gasteiger partial charge in [-0.3, -0.25) is 24.7 Å². The van der Waals surface area contributed by atoms with Crippen LogP contribution in [0, 0.1) is 0 Å². The van der Waals surface area contributed by atoms with Gasteiger partial charge in [-0.05, 0) is 46.3 Å². The van der Waals surface area contributed by atoms with Gasteiger partial charge >= 0.3 is 0 Å². The Labute approximate surface area is 166 Å². The minimum absolute atomic E-state index is 0.309. The number of hydrazone groups is 1. The highest BCUT2D eigenvalue weighted by molar-refractivity contribution is 9.10. The lowest BCUT2D eigenvalue weighted by atomic mass is 10.0. The molecule has 0 bridgehead atoms. The van der Waals surface area contributed by atoms with Crippen molar-refractivity contribution < 1.29 is 18.8 Å². The molecule has 9 heteroatoms. The molecule has 0 unspecified atom stereocenters. The summed E-state index contributed by atoms with van der Waals surface area (Å²) in [5.74, 6) is -0.344. The van der Waals surface area contributed by atoms with Crippen molar-refractivity contribution in [1.29, 1.82) is 0 Å². The predicted octanol–water partition coefficient (Wildman–Crippen LogP) is 2.75. The summed E-state index contributed by atoms with van der Waals surface area (Å²) in [7, 11) is 0. The SMILES string of the molecule is O=C(N/N=C\c1ccc(-c2ccc3c(c2)C(=O)NC3=O)o1)c1cncc(Br)c1. The van der Waals surface area contributed by atoms with Gasteiger partial charge in [0, 0.05) is 22.4 Å². The van der Waals surface area contributed by atoms with Crippen LogP contribution in [-0.2, 0) is 0 Å². The van der Waals surface area contributed by atoms with E-state index in [2.05, 4.69) is 36.8 Å². The van der Waals surface area contributed by atoms with Gasteiger partial charge in [0.15, 0.2) is 0 Å². The van der Waals surface area contributed by atoms with E-state index in [0.717, 1.165) is 0 Å². The molecule has 3 amide bonds. The zero-order valence-electron chi connectivity index (χ0n) is 14.1. The van der Waals surface area contributed by atoms with Gasteiger partial charge in [0.2, 0.25) is 0 Å². The second-order valence-corrected chi connectivity index (χ2v) is 6.75. The van der Waals surface area contributed by atoms with E-state index in [1.807, 2.05) is 0 Å². The second kappa shape index (κ2) is 7.20. The third-order valence-electron chi connectivity index (χ3n) is 3.97. The molecule has 0 saturated heterocycles. The maximum atomic E-state index is 12.0. The number of imide groups is 1. The Hall–Kier alpha value is -3.59. The number of nitrogens with zero attached hydrogens (tertiary/aromatic N) is 2. The number of carbonyl (C=O) groups is 3. The fraction of sp³-hybridized carbons (Fsp3) is 0. The van der Waals surface area contributed by atoms with Gasteiger partial charge in [-0.1, -0.05) is 6.07 Å². The van der Waals surface area contributed by atoms with Crippen LogP contribution in [0.2, 0.25) is 0 Å². The largest absolute Gasteiger partial charge is 0.455 e. The summed E-state index contributed by atoms with van der Waals surface area (Å²) in [6, 6.07) is 9.86. The number of rotatable bonds is 4. The summed E-state index contributed by atoms with van der Waals surface area (Å²) in [4.78, 5) is 39.3. The average Bonchev–Trinajstić information content (AvgIpc) is 3.26. The van der Waals surface area contributed by atoms with Gasteiger partial charge in [0.05, 0.1) is 22.9 Å². The van der Waals surface area contributed by atoms with Gasteiger partial charge in [0.1, 0.15) is 11.5 Å². The van der Waals surface area contributed by atoms with Gasteiger partial charge in [-0.15, -0.1) is 0 Å². The number of benzene rings is 1. The molecule has 138 valence electrons. The Morgan fingerprint density at radius 3 is 2.75 bits per heavy atom. The molecule has 4 rings (SSSR count). The molecule has 1 aliphatic heterocycles. The number of hydrogen-bond donors (Lipinski definition) is 2. The van der Waals surface area contributed by atoms with E-state index in [-0.39, 0.29) is 0 Å². The van der Waals surface area contributed by atoms with Crippen LogP contribution in [-0.4, -0.2) is 28.9 Å². The molecule has 0 atom stereocenters. The molecule has 0 radical (unpaired) electrons. The summed E-state index contributed by atoms with van der Waals surface area (Å²) in [6.07, 6.45) is 4.36. The predicted molar refractivity (Wildman–Crippen MR) is 103 cm³/mol. The molecule has 0 spiro atoms. The normalized spacial score (nSPS) is 12.9. The third-order valence-corrected chi connectivity index (χ3v) is 4.41. The molecule has 0 fully saturated rings. The Morgan fingerprint density at radius 1 is 1.11 bits per heavy atom. The zero-order chi connectivity index (χ0) is 19.7. The van der Waals surface area contributed by atoms with Crippen LogP contribution in [0.5, 0.6) is 0 Å². The van der Waals surface area contributed by atoms with Crippen molar-refractivity contribution in [2.24, 2.45) is 5.10 Å².